The van der Waals surface area contributed by atoms with Crippen LogP contribution in [0.3, 0.4) is 0 Å². The predicted octanol–water partition coefficient (Wildman–Crippen LogP) is 3.21. The summed E-state index contributed by atoms with van der Waals surface area (Å²) >= 11 is 0. The van der Waals surface area contributed by atoms with E-state index >= 15 is 0 Å². The van der Waals surface area contributed by atoms with Crippen molar-refractivity contribution in [3.63, 3.8) is 0 Å². The predicted molar refractivity (Wildman–Crippen MR) is 120 cm³/mol. The van der Waals surface area contributed by atoms with E-state index in [9.17, 15) is 9.59 Å². The molecule has 0 spiro atoms. The standard InChI is InChI=1S/C23H26N4O5/c1-27-20(23(29)31-3)19(26-22(28)14-4-6-17(30-2)7-5-14)18-12-16(13-24-21(18)27)25-15-8-10-32-11-9-15/h4-7,12-13,15,25H,8-11H2,1-3H3,(H,26,28). The van der Waals surface area contributed by atoms with Crippen LogP contribution in [0, 0.1) is 0 Å². The van der Waals surface area contributed by atoms with Crippen LogP contribution in [0.5, 0.6) is 5.75 Å². The molecule has 0 unspecified atom stereocenters. The van der Waals surface area contributed by atoms with Gasteiger partial charge in [-0.25, -0.2) is 9.78 Å². The smallest absolute Gasteiger partial charge is 0.356 e. The molecule has 168 valence electrons. The first-order valence-corrected chi connectivity index (χ1v) is 10.4. The van der Waals surface area contributed by atoms with Crippen molar-refractivity contribution in [2.24, 2.45) is 7.05 Å². The van der Waals surface area contributed by atoms with Crippen LogP contribution in [0.2, 0.25) is 0 Å². The molecule has 1 fully saturated rings. The Morgan fingerprint density at radius 3 is 2.53 bits per heavy atom. The summed E-state index contributed by atoms with van der Waals surface area (Å²) in [6.07, 6.45) is 3.54. The number of amides is 1. The Balaban J connectivity index is 1.72. The van der Waals surface area contributed by atoms with Gasteiger partial charge >= 0.3 is 5.97 Å². The molecule has 0 saturated carbocycles. The molecule has 9 nitrogen and oxygen atoms in total. The molecule has 0 atom stereocenters. The highest BCUT2D eigenvalue weighted by atomic mass is 16.5. The maximum absolute atomic E-state index is 13.0. The molecule has 4 rings (SSSR count). The van der Waals surface area contributed by atoms with Gasteiger partial charge < -0.3 is 29.4 Å². The Morgan fingerprint density at radius 1 is 1.16 bits per heavy atom. The molecule has 1 aromatic carbocycles. The summed E-state index contributed by atoms with van der Waals surface area (Å²) in [4.78, 5) is 30.1. The van der Waals surface area contributed by atoms with Gasteiger partial charge in [-0.1, -0.05) is 0 Å². The SMILES string of the molecule is COC(=O)c1c(NC(=O)c2ccc(OC)cc2)c2cc(NC3CCOCC3)cnc2n1C. The van der Waals surface area contributed by atoms with Gasteiger partial charge in [0, 0.05) is 37.3 Å². The number of methoxy groups -OCH3 is 2. The molecule has 3 heterocycles. The first kappa shape index (κ1) is 21.6. The minimum atomic E-state index is -0.561. The fourth-order valence-corrected chi connectivity index (χ4v) is 3.86. The van der Waals surface area contributed by atoms with E-state index < -0.39 is 5.97 Å². The number of hydrogen-bond acceptors (Lipinski definition) is 7. The van der Waals surface area contributed by atoms with E-state index in [1.165, 1.54) is 7.11 Å². The van der Waals surface area contributed by atoms with Gasteiger partial charge in [-0.3, -0.25) is 4.79 Å². The molecule has 3 aromatic rings. The summed E-state index contributed by atoms with van der Waals surface area (Å²) in [5, 5.41) is 7.01. The molecule has 1 saturated heterocycles. The first-order valence-electron chi connectivity index (χ1n) is 10.4. The monoisotopic (exact) mass is 438 g/mol. The van der Waals surface area contributed by atoms with Crippen LogP contribution in [-0.2, 0) is 16.5 Å². The number of carbonyl (C=O) groups is 2. The van der Waals surface area contributed by atoms with E-state index in [2.05, 4.69) is 15.6 Å². The zero-order chi connectivity index (χ0) is 22.7. The fourth-order valence-electron chi connectivity index (χ4n) is 3.86. The fraction of sp³-hybridized carbons (Fsp3) is 0.348. The van der Waals surface area contributed by atoms with Crippen LogP contribution >= 0.6 is 0 Å². The summed E-state index contributed by atoms with van der Waals surface area (Å²) in [6, 6.07) is 8.91. The number of hydrogen-bond donors (Lipinski definition) is 2. The van der Waals surface area contributed by atoms with Crippen LogP contribution < -0.4 is 15.4 Å². The van der Waals surface area contributed by atoms with Crippen LogP contribution in [0.4, 0.5) is 11.4 Å². The van der Waals surface area contributed by atoms with E-state index in [0.29, 0.717) is 41.2 Å². The molecule has 1 aliphatic rings. The number of anilines is 2. The van der Waals surface area contributed by atoms with E-state index in [-0.39, 0.29) is 17.6 Å². The van der Waals surface area contributed by atoms with Gasteiger partial charge in [-0.05, 0) is 43.2 Å². The number of pyridine rings is 1. The minimum absolute atomic E-state index is 0.222. The van der Waals surface area contributed by atoms with Gasteiger partial charge in [0.05, 0.1) is 31.8 Å². The van der Waals surface area contributed by atoms with E-state index in [4.69, 9.17) is 14.2 Å². The molecule has 0 bridgehead atoms. The van der Waals surface area contributed by atoms with Gasteiger partial charge in [0.1, 0.15) is 11.4 Å². The lowest BCUT2D eigenvalue weighted by molar-refractivity contribution is 0.0591. The highest BCUT2D eigenvalue weighted by Gasteiger charge is 2.25. The Kier molecular flexibility index (Phi) is 6.27. The van der Waals surface area contributed by atoms with Crippen molar-refractivity contribution in [1.29, 1.82) is 0 Å². The van der Waals surface area contributed by atoms with Gasteiger partial charge in [0.15, 0.2) is 5.69 Å². The lowest BCUT2D eigenvalue weighted by atomic mass is 10.1. The quantitative estimate of drug-likeness (QED) is 0.570. The highest BCUT2D eigenvalue weighted by Crippen LogP contribution is 2.32. The first-order chi connectivity index (χ1) is 15.5. The van der Waals surface area contributed by atoms with Gasteiger partial charge in [0.25, 0.3) is 5.91 Å². The Labute approximate surface area is 185 Å². The number of fused-ring (bicyclic) bond motifs is 1. The second-order valence-electron chi connectivity index (χ2n) is 7.58. The van der Waals surface area contributed by atoms with Crippen molar-refractivity contribution in [1.82, 2.24) is 9.55 Å². The summed E-state index contributed by atoms with van der Waals surface area (Å²) in [6.45, 7) is 1.43. The molecule has 1 aliphatic heterocycles. The lowest BCUT2D eigenvalue weighted by Crippen LogP contribution is -2.27. The second-order valence-corrected chi connectivity index (χ2v) is 7.58. The number of rotatable bonds is 6. The number of benzene rings is 1. The Hall–Kier alpha value is -3.59. The number of aromatic nitrogens is 2. The van der Waals surface area contributed by atoms with Crippen LogP contribution in [-0.4, -0.2) is 54.9 Å². The third-order valence-corrected chi connectivity index (χ3v) is 5.59. The number of nitrogens with one attached hydrogen (secondary N) is 2. The zero-order valence-electron chi connectivity index (χ0n) is 18.3. The number of carbonyl (C=O) groups excluding carboxylic acids is 2. The van der Waals surface area contributed by atoms with Gasteiger partial charge in [-0.15, -0.1) is 0 Å². The van der Waals surface area contributed by atoms with Crippen molar-refractivity contribution in [3.05, 3.63) is 47.8 Å². The maximum Gasteiger partial charge on any atom is 0.356 e. The summed E-state index contributed by atoms with van der Waals surface area (Å²) in [5.74, 6) is -0.266. The average Bonchev–Trinajstić information content (AvgIpc) is 3.10. The van der Waals surface area contributed by atoms with Crippen molar-refractivity contribution >= 4 is 34.3 Å². The molecule has 9 heteroatoms. The molecular formula is C23H26N4O5. The summed E-state index contributed by atoms with van der Waals surface area (Å²) < 4.78 is 17.2. The summed E-state index contributed by atoms with van der Waals surface area (Å²) in [5.41, 5.74) is 2.39. The Bertz CT molecular complexity index is 1130. The molecular weight excluding hydrogens is 412 g/mol. The zero-order valence-corrected chi connectivity index (χ0v) is 18.3. The second kappa shape index (κ2) is 9.27. The molecule has 1 amide bonds. The van der Waals surface area contributed by atoms with Crippen LogP contribution in [0.1, 0.15) is 33.7 Å². The summed E-state index contributed by atoms with van der Waals surface area (Å²) in [7, 11) is 4.59. The highest BCUT2D eigenvalue weighted by molar-refractivity contribution is 6.14. The van der Waals surface area contributed by atoms with E-state index in [1.807, 2.05) is 6.07 Å². The van der Waals surface area contributed by atoms with E-state index in [0.717, 1.165) is 18.5 Å². The minimum Gasteiger partial charge on any atom is -0.497 e. The van der Waals surface area contributed by atoms with Crippen LogP contribution in [0.15, 0.2) is 36.5 Å². The molecule has 32 heavy (non-hydrogen) atoms. The third-order valence-electron chi connectivity index (χ3n) is 5.59. The normalized spacial score (nSPS) is 14.2. The molecule has 2 N–H and O–H groups in total. The van der Waals surface area contributed by atoms with Gasteiger partial charge in [-0.2, -0.15) is 0 Å². The van der Waals surface area contributed by atoms with Crippen molar-refractivity contribution < 1.29 is 23.8 Å². The van der Waals surface area contributed by atoms with Crippen molar-refractivity contribution in [3.8, 4) is 5.75 Å². The van der Waals surface area contributed by atoms with E-state index in [1.54, 1.807) is 49.2 Å². The number of aryl methyl sites for hydroxylation is 1. The molecule has 2 aromatic heterocycles. The topological polar surface area (TPSA) is 104 Å². The average molecular weight is 438 g/mol. The van der Waals surface area contributed by atoms with Crippen molar-refractivity contribution in [2.75, 3.05) is 38.1 Å². The molecule has 0 aliphatic carbocycles. The third kappa shape index (κ3) is 4.24. The van der Waals surface area contributed by atoms with Crippen molar-refractivity contribution in [2.45, 2.75) is 18.9 Å². The number of nitrogens with zero attached hydrogens (tertiary/aromatic N) is 2. The van der Waals surface area contributed by atoms with Crippen LogP contribution in [0.25, 0.3) is 11.0 Å². The maximum atomic E-state index is 13.0. The number of ether oxygens (including phenoxy) is 3. The van der Waals surface area contributed by atoms with Gasteiger partial charge in [0.2, 0.25) is 0 Å². The molecule has 0 radical (unpaired) electrons. The Morgan fingerprint density at radius 2 is 1.88 bits per heavy atom. The largest absolute Gasteiger partial charge is 0.497 e. The number of esters is 1. The lowest BCUT2D eigenvalue weighted by Gasteiger charge is -2.24.